The molecule has 1 aliphatic heterocycles. The van der Waals surface area contributed by atoms with Crippen molar-refractivity contribution in [2.45, 2.75) is 39.3 Å². The maximum atomic E-state index is 6.40. The van der Waals surface area contributed by atoms with Gasteiger partial charge in [0.1, 0.15) is 5.75 Å². The Morgan fingerprint density at radius 2 is 2.24 bits per heavy atom. The van der Waals surface area contributed by atoms with Crippen LogP contribution in [0.3, 0.4) is 0 Å². The third-order valence-corrected chi connectivity index (χ3v) is 4.10. The molecule has 0 fully saturated rings. The molecule has 21 heavy (non-hydrogen) atoms. The highest BCUT2D eigenvalue weighted by Crippen LogP contribution is 2.34. The Morgan fingerprint density at radius 3 is 3.00 bits per heavy atom. The van der Waals surface area contributed by atoms with Gasteiger partial charge in [-0.15, -0.1) is 0 Å². The third-order valence-electron chi connectivity index (χ3n) is 3.88. The summed E-state index contributed by atoms with van der Waals surface area (Å²) in [6.45, 7) is 5.61. The Kier molecular flexibility index (Phi) is 3.91. The highest BCUT2D eigenvalue weighted by Gasteiger charge is 2.21. The van der Waals surface area contributed by atoms with Crippen molar-refractivity contribution in [3.8, 4) is 5.75 Å². The molecule has 112 valence electrons. The first-order valence-corrected chi connectivity index (χ1v) is 7.70. The second kappa shape index (κ2) is 5.70. The van der Waals surface area contributed by atoms with Gasteiger partial charge in [0.2, 0.25) is 0 Å². The lowest BCUT2D eigenvalue weighted by atomic mass is 10.00. The molecule has 0 bridgehead atoms. The van der Waals surface area contributed by atoms with Gasteiger partial charge in [-0.25, -0.2) is 0 Å². The molecule has 2 aromatic rings. The van der Waals surface area contributed by atoms with Gasteiger partial charge in [0.05, 0.1) is 24.0 Å². The van der Waals surface area contributed by atoms with E-state index in [0.29, 0.717) is 6.42 Å². The first-order valence-electron chi connectivity index (χ1n) is 7.32. The van der Waals surface area contributed by atoms with Crippen LogP contribution in [0.5, 0.6) is 5.75 Å². The molecule has 1 atom stereocenters. The zero-order valence-electron chi connectivity index (χ0n) is 12.4. The minimum absolute atomic E-state index is 0.113. The molecule has 0 radical (unpaired) electrons. The molecule has 0 amide bonds. The van der Waals surface area contributed by atoms with Crippen molar-refractivity contribution in [3.05, 3.63) is 45.7 Å². The Morgan fingerprint density at radius 1 is 1.43 bits per heavy atom. The van der Waals surface area contributed by atoms with Crippen LogP contribution < -0.4 is 10.5 Å². The monoisotopic (exact) mass is 305 g/mol. The van der Waals surface area contributed by atoms with Crippen LogP contribution in [0.4, 0.5) is 0 Å². The molecular formula is C16H20ClN3O. The number of hydrogen-bond donors (Lipinski definition) is 1. The van der Waals surface area contributed by atoms with Crippen molar-refractivity contribution < 1.29 is 4.74 Å². The van der Waals surface area contributed by atoms with E-state index in [1.165, 1.54) is 5.56 Å². The third kappa shape index (κ3) is 2.78. The standard InChI is InChI=1S/C16H20ClN3O/c1-3-20-15(6-10(2)19-20)14(18)9-12-8-13(17)7-11-4-5-21-16(11)12/h6-8,14H,3-5,9,18H2,1-2H3. The minimum atomic E-state index is -0.113. The van der Waals surface area contributed by atoms with Gasteiger partial charge in [0.25, 0.3) is 0 Å². The Hall–Kier alpha value is -1.52. The number of ether oxygens (including phenoxy) is 1. The molecular weight excluding hydrogens is 286 g/mol. The number of hydrogen-bond acceptors (Lipinski definition) is 3. The molecule has 1 aromatic carbocycles. The van der Waals surface area contributed by atoms with Gasteiger partial charge in [-0.1, -0.05) is 11.6 Å². The highest BCUT2D eigenvalue weighted by molar-refractivity contribution is 6.30. The van der Waals surface area contributed by atoms with Crippen molar-refractivity contribution in [2.75, 3.05) is 6.61 Å². The van der Waals surface area contributed by atoms with E-state index in [4.69, 9.17) is 22.1 Å². The average Bonchev–Trinajstić information content (AvgIpc) is 3.04. The summed E-state index contributed by atoms with van der Waals surface area (Å²) < 4.78 is 7.71. The number of halogens is 1. The lowest BCUT2D eigenvalue weighted by Crippen LogP contribution is -2.18. The summed E-state index contributed by atoms with van der Waals surface area (Å²) in [5, 5.41) is 5.21. The van der Waals surface area contributed by atoms with Crippen LogP contribution in [0.15, 0.2) is 18.2 Å². The van der Waals surface area contributed by atoms with Crippen molar-refractivity contribution >= 4 is 11.6 Å². The number of fused-ring (bicyclic) bond motifs is 1. The predicted octanol–water partition coefficient (Wildman–Crippen LogP) is 3.04. The lowest BCUT2D eigenvalue weighted by Gasteiger charge is -2.16. The van der Waals surface area contributed by atoms with Crippen molar-refractivity contribution in [1.82, 2.24) is 9.78 Å². The average molecular weight is 306 g/mol. The fraction of sp³-hybridized carbons (Fsp3) is 0.438. The topological polar surface area (TPSA) is 53.1 Å². The smallest absolute Gasteiger partial charge is 0.125 e. The fourth-order valence-electron chi connectivity index (χ4n) is 2.96. The van der Waals surface area contributed by atoms with Gasteiger partial charge < -0.3 is 10.5 Å². The molecule has 0 saturated carbocycles. The van der Waals surface area contributed by atoms with Crippen LogP contribution >= 0.6 is 11.6 Å². The summed E-state index contributed by atoms with van der Waals surface area (Å²) in [5.41, 5.74) is 10.7. The van der Waals surface area contributed by atoms with Crippen LogP contribution in [0, 0.1) is 6.92 Å². The molecule has 4 nitrogen and oxygen atoms in total. The minimum Gasteiger partial charge on any atom is -0.493 e. The zero-order chi connectivity index (χ0) is 15.0. The molecule has 1 aliphatic rings. The molecule has 3 rings (SSSR count). The number of benzene rings is 1. The van der Waals surface area contributed by atoms with Gasteiger partial charge in [-0.2, -0.15) is 5.10 Å². The van der Waals surface area contributed by atoms with Crippen LogP contribution in [-0.2, 0) is 19.4 Å². The molecule has 0 saturated heterocycles. The van der Waals surface area contributed by atoms with Crippen LogP contribution in [0.2, 0.25) is 5.02 Å². The zero-order valence-corrected chi connectivity index (χ0v) is 13.2. The molecule has 5 heteroatoms. The molecule has 0 spiro atoms. The highest BCUT2D eigenvalue weighted by atomic mass is 35.5. The molecule has 1 unspecified atom stereocenters. The summed E-state index contributed by atoms with van der Waals surface area (Å²) in [6.07, 6.45) is 1.62. The Labute approximate surface area is 129 Å². The number of nitrogens with two attached hydrogens (primary N) is 1. The van der Waals surface area contributed by atoms with Gasteiger partial charge in [0.15, 0.2) is 0 Å². The van der Waals surface area contributed by atoms with Gasteiger partial charge >= 0.3 is 0 Å². The summed E-state index contributed by atoms with van der Waals surface area (Å²) in [5.74, 6) is 0.967. The van der Waals surface area contributed by atoms with E-state index in [2.05, 4.69) is 18.1 Å². The molecule has 1 aromatic heterocycles. The van der Waals surface area contributed by atoms with Crippen LogP contribution in [0.1, 0.15) is 35.5 Å². The fourth-order valence-corrected chi connectivity index (χ4v) is 3.22. The normalized spacial score (nSPS) is 14.9. The number of aryl methyl sites for hydroxylation is 2. The SMILES string of the molecule is CCn1nc(C)cc1C(N)Cc1cc(Cl)cc2c1OCC2. The number of nitrogens with zero attached hydrogens (tertiary/aromatic N) is 2. The maximum absolute atomic E-state index is 6.40. The Balaban J connectivity index is 1.90. The van der Waals surface area contributed by atoms with Crippen molar-refractivity contribution in [3.63, 3.8) is 0 Å². The lowest BCUT2D eigenvalue weighted by molar-refractivity contribution is 0.352. The first kappa shape index (κ1) is 14.4. The molecule has 0 aliphatic carbocycles. The van der Waals surface area contributed by atoms with E-state index in [9.17, 15) is 0 Å². The molecule has 2 N–H and O–H groups in total. The maximum Gasteiger partial charge on any atom is 0.125 e. The number of aromatic nitrogens is 2. The largest absolute Gasteiger partial charge is 0.493 e. The van der Waals surface area contributed by atoms with Crippen LogP contribution in [0.25, 0.3) is 0 Å². The van der Waals surface area contributed by atoms with E-state index in [-0.39, 0.29) is 6.04 Å². The summed E-state index contributed by atoms with van der Waals surface area (Å²) in [4.78, 5) is 0. The van der Waals surface area contributed by atoms with E-state index < -0.39 is 0 Å². The quantitative estimate of drug-likeness (QED) is 0.944. The van der Waals surface area contributed by atoms with Crippen molar-refractivity contribution in [2.24, 2.45) is 5.73 Å². The van der Waals surface area contributed by atoms with Crippen molar-refractivity contribution in [1.29, 1.82) is 0 Å². The van der Waals surface area contributed by atoms with Gasteiger partial charge in [-0.3, -0.25) is 4.68 Å². The Bertz CT molecular complexity index is 666. The van der Waals surface area contributed by atoms with E-state index in [1.807, 2.05) is 23.7 Å². The van der Waals surface area contributed by atoms with Gasteiger partial charge in [0, 0.05) is 18.0 Å². The second-order valence-electron chi connectivity index (χ2n) is 5.49. The second-order valence-corrected chi connectivity index (χ2v) is 5.93. The number of rotatable bonds is 4. The van der Waals surface area contributed by atoms with Crippen LogP contribution in [-0.4, -0.2) is 16.4 Å². The summed E-state index contributed by atoms with van der Waals surface area (Å²) in [7, 11) is 0. The van der Waals surface area contributed by atoms with E-state index >= 15 is 0 Å². The summed E-state index contributed by atoms with van der Waals surface area (Å²) >= 11 is 6.21. The summed E-state index contributed by atoms with van der Waals surface area (Å²) in [6, 6.07) is 5.89. The van der Waals surface area contributed by atoms with E-state index in [0.717, 1.165) is 47.3 Å². The van der Waals surface area contributed by atoms with E-state index in [1.54, 1.807) is 0 Å². The first-order chi connectivity index (χ1) is 10.1. The molecule has 2 heterocycles. The predicted molar refractivity (Wildman–Crippen MR) is 83.9 cm³/mol. The van der Waals surface area contributed by atoms with Gasteiger partial charge in [-0.05, 0) is 49.6 Å².